The molecule has 7 heteroatoms. The van der Waals surface area contributed by atoms with Crippen molar-refractivity contribution in [2.45, 2.75) is 6.04 Å². The van der Waals surface area contributed by atoms with Crippen LogP contribution < -0.4 is 10.6 Å². The molecule has 2 aromatic heterocycles. The maximum atomic E-state index is 4.45. The molecule has 0 radical (unpaired) electrons. The molecular formula is C17H27N7. The van der Waals surface area contributed by atoms with Crippen molar-refractivity contribution in [2.75, 3.05) is 39.3 Å². The van der Waals surface area contributed by atoms with Crippen molar-refractivity contribution >= 4 is 0 Å². The predicted molar refractivity (Wildman–Crippen MR) is 96.7 cm³/mol. The minimum Gasteiger partial charge on any atom is -0.347 e. The van der Waals surface area contributed by atoms with Crippen molar-refractivity contribution in [3.05, 3.63) is 61.7 Å². The Labute approximate surface area is 143 Å². The lowest BCUT2D eigenvalue weighted by Crippen LogP contribution is -2.40. The first-order valence-corrected chi connectivity index (χ1v) is 8.22. The van der Waals surface area contributed by atoms with E-state index in [1.807, 2.05) is 24.5 Å². The molecule has 0 bridgehead atoms. The standard InChI is InChI=1S/C17H27N7/c1-3-5-18-11-13-24(14-12-19-6-4-2)15(16-20-7-8-21-16)17-22-9-10-23-17/h3-4,7-10,15,18-19H,1-2,5-6,11-14H2,(H,20,21)(H,22,23). The molecule has 0 aliphatic carbocycles. The third kappa shape index (κ3) is 5.45. The summed E-state index contributed by atoms with van der Waals surface area (Å²) in [7, 11) is 0. The third-order valence-corrected chi connectivity index (χ3v) is 3.65. The summed E-state index contributed by atoms with van der Waals surface area (Å²) in [5, 5.41) is 6.71. The van der Waals surface area contributed by atoms with Gasteiger partial charge in [-0.3, -0.25) is 4.90 Å². The quantitative estimate of drug-likeness (QED) is 0.326. The average Bonchev–Trinajstić information content (AvgIpc) is 3.29. The molecule has 0 atom stereocenters. The lowest BCUT2D eigenvalue weighted by molar-refractivity contribution is 0.214. The Kier molecular flexibility index (Phi) is 7.96. The molecule has 4 N–H and O–H groups in total. The van der Waals surface area contributed by atoms with Crippen LogP contribution in [0.4, 0.5) is 0 Å². The summed E-state index contributed by atoms with van der Waals surface area (Å²) < 4.78 is 0. The lowest BCUT2D eigenvalue weighted by atomic mass is 10.2. The predicted octanol–water partition coefficient (Wildman–Crippen LogP) is 1.08. The molecule has 24 heavy (non-hydrogen) atoms. The van der Waals surface area contributed by atoms with Gasteiger partial charge in [0, 0.05) is 64.1 Å². The smallest absolute Gasteiger partial charge is 0.131 e. The molecular weight excluding hydrogens is 302 g/mol. The second-order valence-corrected chi connectivity index (χ2v) is 5.37. The van der Waals surface area contributed by atoms with Gasteiger partial charge in [-0.1, -0.05) is 12.2 Å². The van der Waals surface area contributed by atoms with Crippen molar-refractivity contribution in [3.63, 3.8) is 0 Å². The highest BCUT2D eigenvalue weighted by molar-refractivity contribution is 5.11. The number of nitrogens with one attached hydrogen (secondary N) is 4. The van der Waals surface area contributed by atoms with E-state index < -0.39 is 0 Å². The topological polar surface area (TPSA) is 84.7 Å². The van der Waals surface area contributed by atoms with Gasteiger partial charge in [-0.2, -0.15) is 0 Å². The van der Waals surface area contributed by atoms with E-state index in [9.17, 15) is 0 Å². The first-order valence-electron chi connectivity index (χ1n) is 8.22. The van der Waals surface area contributed by atoms with Gasteiger partial charge in [-0.25, -0.2) is 9.97 Å². The van der Waals surface area contributed by atoms with E-state index >= 15 is 0 Å². The van der Waals surface area contributed by atoms with Gasteiger partial charge in [-0.05, 0) is 0 Å². The van der Waals surface area contributed by atoms with Gasteiger partial charge in [0.2, 0.25) is 0 Å². The van der Waals surface area contributed by atoms with Gasteiger partial charge in [0.1, 0.15) is 17.7 Å². The summed E-state index contributed by atoms with van der Waals surface area (Å²) in [6.07, 6.45) is 11.0. The van der Waals surface area contributed by atoms with E-state index in [0.29, 0.717) is 0 Å². The number of rotatable bonds is 13. The maximum Gasteiger partial charge on any atom is 0.131 e. The maximum absolute atomic E-state index is 4.45. The van der Waals surface area contributed by atoms with Gasteiger partial charge in [-0.15, -0.1) is 13.2 Å². The molecule has 0 aromatic carbocycles. The van der Waals surface area contributed by atoms with Crippen LogP contribution in [0.15, 0.2) is 50.1 Å². The Hall–Kier alpha value is -2.22. The minimum absolute atomic E-state index is 0.0361. The average molecular weight is 329 g/mol. The van der Waals surface area contributed by atoms with Crippen LogP contribution in [0.1, 0.15) is 17.7 Å². The van der Waals surface area contributed by atoms with Crippen LogP contribution in [-0.4, -0.2) is 64.1 Å². The second kappa shape index (κ2) is 10.5. The Balaban J connectivity index is 2.09. The number of aromatic nitrogens is 4. The van der Waals surface area contributed by atoms with Crippen molar-refractivity contribution in [3.8, 4) is 0 Å². The zero-order valence-corrected chi connectivity index (χ0v) is 14.0. The van der Waals surface area contributed by atoms with E-state index in [1.54, 1.807) is 12.4 Å². The van der Waals surface area contributed by atoms with Crippen LogP contribution in [0.3, 0.4) is 0 Å². The van der Waals surface area contributed by atoms with Crippen LogP contribution in [0.25, 0.3) is 0 Å². The Bertz CT molecular complexity index is 512. The Morgan fingerprint density at radius 3 is 1.83 bits per heavy atom. The van der Waals surface area contributed by atoms with Crippen molar-refractivity contribution < 1.29 is 0 Å². The molecule has 0 aliphatic heterocycles. The van der Waals surface area contributed by atoms with E-state index in [2.05, 4.69) is 48.6 Å². The number of H-pyrrole nitrogens is 2. The summed E-state index contributed by atoms with van der Waals surface area (Å²) in [6, 6.07) is -0.0361. The number of imidazole rings is 2. The van der Waals surface area contributed by atoms with Gasteiger partial charge >= 0.3 is 0 Å². The number of hydrogen-bond donors (Lipinski definition) is 4. The minimum atomic E-state index is -0.0361. The van der Waals surface area contributed by atoms with Crippen LogP contribution in [0.5, 0.6) is 0 Å². The molecule has 2 aromatic rings. The normalized spacial score (nSPS) is 11.2. The van der Waals surface area contributed by atoms with E-state index in [-0.39, 0.29) is 6.04 Å². The van der Waals surface area contributed by atoms with Crippen LogP contribution >= 0.6 is 0 Å². The number of nitrogens with zero attached hydrogens (tertiary/aromatic N) is 3. The largest absolute Gasteiger partial charge is 0.347 e. The van der Waals surface area contributed by atoms with E-state index in [0.717, 1.165) is 50.9 Å². The van der Waals surface area contributed by atoms with Crippen molar-refractivity contribution in [1.82, 2.24) is 35.5 Å². The summed E-state index contributed by atoms with van der Waals surface area (Å²) in [6.45, 7) is 12.6. The molecule has 2 heterocycles. The van der Waals surface area contributed by atoms with Crippen molar-refractivity contribution in [2.24, 2.45) is 0 Å². The molecule has 2 rings (SSSR count). The molecule has 0 amide bonds. The summed E-state index contributed by atoms with van der Waals surface area (Å²) in [4.78, 5) is 17.7. The Morgan fingerprint density at radius 1 is 0.958 bits per heavy atom. The van der Waals surface area contributed by atoms with Gasteiger partial charge in [0.25, 0.3) is 0 Å². The highest BCUT2D eigenvalue weighted by Crippen LogP contribution is 2.22. The molecule has 0 unspecified atom stereocenters. The highest BCUT2D eigenvalue weighted by atomic mass is 15.2. The summed E-state index contributed by atoms with van der Waals surface area (Å²) >= 11 is 0. The van der Waals surface area contributed by atoms with Crippen LogP contribution in [0, 0.1) is 0 Å². The fourth-order valence-electron chi connectivity index (χ4n) is 2.55. The lowest BCUT2D eigenvalue weighted by Gasteiger charge is -2.29. The monoisotopic (exact) mass is 329 g/mol. The van der Waals surface area contributed by atoms with Crippen LogP contribution in [0.2, 0.25) is 0 Å². The summed E-state index contributed by atoms with van der Waals surface area (Å²) in [5.74, 6) is 1.77. The fourth-order valence-corrected chi connectivity index (χ4v) is 2.55. The SMILES string of the molecule is C=CCNCCN(CCNCC=C)C(c1ncc[nH]1)c1ncc[nH]1. The van der Waals surface area contributed by atoms with Crippen molar-refractivity contribution in [1.29, 1.82) is 0 Å². The first kappa shape index (κ1) is 18.1. The highest BCUT2D eigenvalue weighted by Gasteiger charge is 2.26. The van der Waals surface area contributed by atoms with Gasteiger partial charge < -0.3 is 20.6 Å². The molecule has 0 saturated heterocycles. The van der Waals surface area contributed by atoms with Gasteiger partial charge in [0.15, 0.2) is 0 Å². The molecule has 0 saturated carbocycles. The van der Waals surface area contributed by atoms with Crippen LogP contribution in [-0.2, 0) is 0 Å². The molecule has 0 aliphatic rings. The summed E-state index contributed by atoms with van der Waals surface area (Å²) in [5.41, 5.74) is 0. The molecule has 130 valence electrons. The number of hydrogen-bond acceptors (Lipinski definition) is 5. The fraction of sp³-hybridized carbons (Fsp3) is 0.412. The number of aromatic amines is 2. The van der Waals surface area contributed by atoms with E-state index in [1.165, 1.54) is 0 Å². The van der Waals surface area contributed by atoms with E-state index in [4.69, 9.17) is 0 Å². The third-order valence-electron chi connectivity index (χ3n) is 3.65. The Morgan fingerprint density at radius 2 is 1.46 bits per heavy atom. The zero-order chi connectivity index (χ0) is 17.0. The molecule has 7 nitrogen and oxygen atoms in total. The molecule has 0 fully saturated rings. The van der Waals surface area contributed by atoms with Gasteiger partial charge in [0.05, 0.1) is 0 Å². The molecule has 0 spiro atoms. The first-order chi connectivity index (χ1) is 11.9. The second-order valence-electron chi connectivity index (χ2n) is 5.37. The zero-order valence-electron chi connectivity index (χ0n) is 14.0.